The van der Waals surface area contributed by atoms with E-state index in [1.807, 2.05) is 65.6 Å². The molecule has 0 aliphatic rings. The molecule has 4 aromatic rings. The van der Waals surface area contributed by atoms with Crippen molar-refractivity contribution in [3.05, 3.63) is 126 Å². The Morgan fingerprint density at radius 1 is 0.761 bits per heavy atom. The third-order valence-electron chi connectivity index (χ3n) is 7.86. The summed E-state index contributed by atoms with van der Waals surface area (Å²) in [6.45, 7) is 3.19. The highest BCUT2D eigenvalue weighted by Crippen LogP contribution is 2.22. The van der Waals surface area contributed by atoms with Gasteiger partial charge in [0.2, 0.25) is 5.91 Å². The van der Waals surface area contributed by atoms with Gasteiger partial charge in [-0.3, -0.25) is 9.59 Å². The zero-order valence-electron chi connectivity index (χ0n) is 26.6. The summed E-state index contributed by atoms with van der Waals surface area (Å²) in [7, 11) is 0. The maximum Gasteiger partial charge on any atom is 0.326 e. The van der Waals surface area contributed by atoms with Gasteiger partial charge in [0, 0.05) is 41.9 Å². The zero-order chi connectivity index (χ0) is 32.6. The molecular weight excluding hydrogens is 576 g/mol. The van der Waals surface area contributed by atoms with Crippen molar-refractivity contribution in [1.82, 2.24) is 0 Å². The molecule has 1 atom stereocenters. The molecule has 7 heteroatoms. The summed E-state index contributed by atoms with van der Waals surface area (Å²) in [5.74, 6) is -0.370. The molecule has 0 bridgehead atoms. The van der Waals surface area contributed by atoms with Crippen LogP contribution < -0.4 is 15.0 Å². The summed E-state index contributed by atoms with van der Waals surface area (Å²) < 4.78 is 5.98. The number of nitrogens with one attached hydrogen (secondary N) is 1. The van der Waals surface area contributed by atoms with Gasteiger partial charge in [0.15, 0.2) is 5.78 Å². The number of carbonyl (C=O) groups is 3. The fraction of sp³-hybridized carbons (Fsp3) is 0.308. The summed E-state index contributed by atoms with van der Waals surface area (Å²) in [4.78, 5) is 40.2. The van der Waals surface area contributed by atoms with Gasteiger partial charge in [-0.2, -0.15) is 0 Å². The first kappa shape index (κ1) is 34.0. The molecule has 4 rings (SSSR count). The number of hydrogen-bond acceptors (Lipinski definition) is 5. The SMILES string of the molecule is CCCCCCCC(=O)N(CCCOc1ccc(CC(Nc2ccccc2C(=O)c2ccccc2)C(=O)O)cc1)c1ccccc1. The zero-order valence-corrected chi connectivity index (χ0v) is 26.6. The number of carboxylic acids is 1. The fourth-order valence-electron chi connectivity index (χ4n) is 5.33. The predicted octanol–water partition coefficient (Wildman–Crippen LogP) is 8.19. The Morgan fingerprint density at radius 2 is 1.41 bits per heavy atom. The molecule has 240 valence electrons. The molecule has 0 radical (unpaired) electrons. The molecule has 0 aliphatic heterocycles. The standard InChI is InChI=1S/C39H44N2O5/c1-2-3-4-5-12-22-37(42)41(32-18-10-7-11-19-32)27-15-28-46-33-25-23-30(24-26-33)29-36(39(44)45)40-35-21-14-13-20-34(35)38(43)31-16-8-6-9-17-31/h6-11,13-14,16-21,23-26,36,40H,2-5,12,15,22,27-29H2,1H3,(H,44,45). The van der Waals surface area contributed by atoms with Crippen LogP contribution in [0.4, 0.5) is 11.4 Å². The third-order valence-corrected chi connectivity index (χ3v) is 7.86. The first-order valence-electron chi connectivity index (χ1n) is 16.2. The van der Waals surface area contributed by atoms with Crippen LogP contribution in [0.2, 0.25) is 0 Å². The highest BCUT2D eigenvalue weighted by Gasteiger charge is 2.21. The normalized spacial score (nSPS) is 11.4. The van der Waals surface area contributed by atoms with Gasteiger partial charge in [-0.15, -0.1) is 0 Å². The lowest BCUT2D eigenvalue weighted by atomic mass is 10.00. The highest BCUT2D eigenvalue weighted by atomic mass is 16.5. The Bertz CT molecular complexity index is 1520. The number of anilines is 2. The molecule has 0 spiro atoms. The molecule has 0 aliphatic carbocycles. The van der Waals surface area contributed by atoms with Crippen LogP contribution >= 0.6 is 0 Å². The number of ether oxygens (including phenoxy) is 1. The van der Waals surface area contributed by atoms with E-state index in [1.54, 1.807) is 48.5 Å². The number of hydrogen-bond donors (Lipinski definition) is 2. The molecule has 0 aromatic heterocycles. The Morgan fingerprint density at radius 3 is 2.11 bits per heavy atom. The maximum absolute atomic E-state index is 13.1. The van der Waals surface area contributed by atoms with Crippen LogP contribution in [0.5, 0.6) is 5.75 Å². The van der Waals surface area contributed by atoms with Crippen LogP contribution in [0, 0.1) is 0 Å². The van der Waals surface area contributed by atoms with Gasteiger partial charge in [-0.1, -0.05) is 105 Å². The summed E-state index contributed by atoms with van der Waals surface area (Å²) >= 11 is 0. The summed E-state index contributed by atoms with van der Waals surface area (Å²) in [5.41, 5.74) is 3.15. The maximum atomic E-state index is 13.1. The van der Waals surface area contributed by atoms with Crippen LogP contribution in [0.25, 0.3) is 0 Å². The first-order chi connectivity index (χ1) is 22.5. The van der Waals surface area contributed by atoms with Crippen molar-refractivity contribution in [2.45, 2.75) is 64.3 Å². The van der Waals surface area contributed by atoms with E-state index in [0.29, 0.717) is 48.6 Å². The molecule has 0 saturated heterocycles. The number of ketones is 1. The van der Waals surface area contributed by atoms with E-state index in [0.717, 1.165) is 24.1 Å². The van der Waals surface area contributed by atoms with Gasteiger partial charge in [0.25, 0.3) is 0 Å². The van der Waals surface area contributed by atoms with E-state index in [9.17, 15) is 19.5 Å². The molecule has 2 N–H and O–H groups in total. The van der Waals surface area contributed by atoms with E-state index in [-0.39, 0.29) is 18.1 Å². The van der Waals surface area contributed by atoms with Gasteiger partial charge in [0.05, 0.1) is 6.61 Å². The largest absolute Gasteiger partial charge is 0.494 e. The van der Waals surface area contributed by atoms with Crippen molar-refractivity contribution in [3.63, 3.8) is 0 Å². The molecule has 0 heterocycles. The second kappa shape index (κ2) is 18.2. The number of benzene rings is 4. The number of nitrogens with zero attached hydrogens (tertiary/aromatic N) is 1. The van der Waals surface area contributed by atoms with E-state index in [2.05, 4.69) is 12.2 Å². The van der Waals surface area contributed by atoms with Crippen molar-refractivity contribution in [3.8, 4) is 5.75 Å². The topological polar surface area (TPSA) is 95.9 Å². The first-order valence-corrected chi connectivity index (χ1v) is 16.2. The highest BCUT2D eigenvalue weighted by molar-refractivity contribution is 6.12. The van der Waals surface area contributed by atoms with Gasteiger partial charge in [-0.25, -0.2) is 4.79 Å². The Labute approximate surface area is 272 Å². The van der Waals surface area contributed by atoms with Crippen molar-refractivity contribution < 1.29 is 24.2 Å². The minimum atomic E-state index is -1.01. The molecular formula is C39H44N2O5. The number of carboxylic acid groups (broad SMARTS) is 1. The molecule has 1 unspecified atom stereocenters. The molecule has 4 aromatic carbocycles. The van der Waals surface area contributed by atoms with Crippen molar-refractivity contribution in [1.29, 1.82) is 0 Å². The summed E-state index contributed by atoms with van der Waals surface area (Å²) in [6.07, 6.45) is 6.97. The van der Waals surface area contributed by atoms with E-state index in [1.165, 1.54) is 19.3 Å². The third kappa shape index (κ3) is 10.3. The second-order valence-corrected chi connectivity index (χ2v) is 11.4. The van der Waals surface area contributed by atoms with Crippen LogP contribution in [-0.2, 0) is 16.0 Å². The Balaban J connectivity index is 1.30. The molecule has 0 fully saturated rings. The molecule has 7 nitrogen and oxygen atoms in total. The monoisotopic (exact) mass is 620 g/mol. The average molecular weight is 621 g/mol. The Hall–Kier alpha value is -4.91. The smallest absolute Gasteiger partial charge is 0.326 e. The van der Waals surface area contributed by atoms with Gasteiger partial charge in [0.1, 0.15) is 11.8 Å². The van der Waals surface area contributed by atoms with Crippen LogP contribution in [-0.4, -0.2) is 42.0 Å². The van der Waals surface area contributed by atoms with Gasteiger partial charge < -0.3 is 20.1 Å². The quantitative estimate of drug-likeness (QED) is 0.0811. The fourth-order valence-corrected chi connectivity index (χ4v) is 5.33. The number of carbonyl (C=O) groups excluding carboxylic acids is 2. The summed E-state index contributed by atoms with van der Waals surface area (Å²) in [6, 6.07) is 32.1. The van der Waals surface area contributed by atoms with E-state index < -0.39 is 12.0 Å². The number of rotatable bonds is 19. The van der Waals surface area contributed by atoms with Crippen LogP contribution in [0.15, 0.2) is 109 Å². The van der Waals surface area contributed by atoms with Crippen LogP contribution in [0.3, 0.4) is 0 Å². The van der Waals surface area contributed by atoms with Crippen LogP contribution in [0.1, 0.15) is 73.4 Å². The number of aliphatic carboxylic acids is 1. The molecule has 1 amide bonds. The lowest BCUT2D eigenvalue weighted by Crippen LogP contribution is -2.32. The number of amides is 1. The van der Waals surface area contributed by atoms with E-state index >= 15 is 0 Å². The number of unbranched alkanes of at least 4 members (excludes halogenated alkanes) is 4. The van der Waals surface area contributed by atoms with E-state index in [4.69, 9.17) is 4.74 Å². The Kier molecular flexibility index (Phi) is 13.4. The number of para-hydroxylation sites is 2. The lowest BCUT2D eigenvalue weighted by Gasteiger charge is -2.23. The lowest BCUT2D eigenvalue weighted by molar-refractivity contribution is -0.137. The average Bonchev–Trinajstić information content (AvgIpc) is 3.09. The van der Waals surface area contributed by atoms with Gasteiger partial charge >= 0.3 is 5.97 Å². The molecule has 0 saturated carbocycles. The second-order valence-electron chi connectivity index (χ2n) is 11.4. The minimum Gasteiger partial charge on any atom is -0.494 e. The van der Waals surface area contributed by atoms with Crippen molar-refractivity contribution in [2.24, 2.45) is 0 Å². The summed E-state index contributed by atoms with van der Waals surface area (Å²) in [5, 5.41) is 13.1. The predicted molar refractivity (Wildman–Crippen MR) is 184 cm³/mol. The van der Waals surface area contributed by atoms with Gasteiger partial charge in [-0.05, 0) is 54.8 Å². The van der Waals surface area contributed by atoms with Crippen molar-refractivity contribution in [2.75, 3.05) is 23.4 Å². The molecule has 46 heavy (non-hydrogen) atoms. The van der Waals surface area contributed by atoms with Crippen molar-refractivity contribution >= 4 is 29.0 Å². The minimum absolute atomic E-state index is 0.140.